The number of rotatable bonds is 5. The number of aryl methyl sites for hydroxylation is 1. The van der Waals surface area contributed by atoms with Crippen molar-refractivity contribution in [3.05, 3.63) is 65.7 Å². The molecule has 2 amide bonds. The van der Waals surface area contributed by atoms with E-state index in [9.17, 15) is 4.79 Å². The van der Waals surface area contributed by atoms with Gasteiger partial charge in [0.1, 0.15) is 5.76 Å². The summed E-state index contributed by atoms with van der Waals surface area (Å²) in [5.74, 6) is 1.04. The van der Waals surface area contributed by atoms with Crippen molar-refractivity contribution < 1.29 is 9.32 Å². The first-order valence-electron chi connectivity index (χ1n) is 7.22. The van der Waals surface area contributed by atoms with Crippen LogP contribution in [0.25, 0.3) is 0 Å². The smallest absolute Gasteiger partial charge is 0.320 e. The van der Waals surface area contributed by atoms with Crippen LogP contribution in [0, 0.1) is 6.92 Å². The highest BCUT2D eigenvalue weighted by Gasteiger charge is 2.05. The van der Waals surface area contributed by atoms with E-state index in [4.69, 9.17) is 4.52 Å². The first kappa shape index (κ1) is 14.8. The molecule has 0 radical (unpaired) electrons. The predicted molar refractivity (Wildman–Crippen MR) is 84.9 cm³/mol. The lowest BCUT2D eigenvalue weighted by Gasteiger charge is -2.07. The van der Waals surface area contributed by atoms with Crippen molar-refractivity contribution in [2.24, 2.45) is 0 Å². The monoisotopic (exact) mass is 311 g/mol. The summed E-state index contributed by atoms with van der Waals surface area (Å²) in [5.41, 5.74) is 2.17. The van der Waals surface area contributed by atoms with E-state index in [-0.39, 0.29) is 6.03 Å². The third-order valence-corrected chi connectivity index (χ3v) is 3.25. The summed E-state index contributed by atoms with van der Waals surface area (Å²) in [4.78, 5) is 11.8. The molecule has 1 aromatic carbocycles. The highest BCUT2D eigenvalue weighted by atomic mass is 16.5. The van der Waals surface area contributed by atoms with Crippen molar-refractivity contribution >= 4 is 11.8 Å². The molecule has 2 aromatic heterocycles. The Kier molecular flexibility index (Phi) is 4.37. The molecule has 0 spiro atoms. The van der Waals surface area contributed by atoms with Gasteiger partial charge < -0.3 is 9.84 Å². The van der Waals surface area contributed by atoms with Gasteiger partial charge in [-0.1, -0.05) is 29.4 Å². The molecule has 2 N–H and O–H groups in total. The van der Waals surface area contributed by atoms with E-state index in [0.717, 1.165) is 17.7 Å². The van der Waals surface area contributed by atoms with Gasteiger partial charge in [0.25, 0.3) is 0 Å². The highest BCUT2D eigenvalue weighted by Crippen LogP contribution is 2.08. The summed E-state index contributed by atoms with van der Waals surface area (Å²) < 4.78 is 6.75. The van der Waals surface area contributed by atoms with Crippen molar-refractivity contribution in [3.63, 3.8) is 0 Å². The molecule has 118 valence electrons. The minimum Gasteiger partial charge on any atom is -0.360 e. The van der Waals surface area contributed by atoms with Gasteiger partial charge in [0.05, 0.1) is 6.54 Å². The van der Waals surface area contributed by atoms with Gasteiger partial charge in [-0.15, -0.1) is 0 Å². The Hall–Kier alpha value is -3.09. The van der Waals surface area contributed by atoms with Crippen LogP contribution in [0.5, 0.6) is 0 Å². The van der Waals surface area contributed by atoms with Gasteiger partial charge in [-0.05, 0) is 24.1 Å². The van der Waals surface area contributed by atoms with E-state index in [1.165, 1.54) is 0 Å². The quantitative estimate of drug-likeness (QED) is 0.758. The van der Waals surface area contributed by atoms with Crippen LogP contribution >= 0.6 is 0 Å². The number of benzene rings is 1. The second kappa shape index (κ2) is 6.78. The van der Waals surface area contributed by atoms with Gasteiger partial charge >= 0.3 is 6.03 Å². The Labute approximate surface area is 133 Å². The maximum absolute atomic E-state index is 11.8. The minimum atomic E-state index is -0.320. The fraction of sp³-hybridized carbons (Fsp3) is 0.188. The lowest BCUT2D eigenvalue weighted by atomic mass is 10.1. The van der Waals surface area contributed by atoms with Gasteiger partial charge in [0.15, 0.2) is 5.82 Å². The molecule has 0 saturated heterocycles. The van der Waals surface area contributed by atoms with Gasteiger partial charge in [-0.2, -0.15) is 5.10 Å². The zero-order chi connectivity index (χ0) is 16.1. The number of carbonyl (C=O) groups is 1. The number of aromatic nitrogens is 3. The van der Waals surface area contributed by atoms with Crippen LogP contribution in [0.1, 0.15) is 16.9 Å². The zero-order valence-corrected chi connectivity index (χ0v) is 12.7. The molecule has 0 saturated carbocycles. The SMILES string of the molecule is Cc1cc(NC(=O)NCc2ccc(Cn3cccn3)cc2)no1. The van der Waals surface area contributed by atoms with Crippen molar-refractivity contribution in [2.75, 3.05) is 5.32 Å². The molecule has 0 unspecified atom stereocenters. The molecule has 7 heteroatoms. The standard InChI is InChI=1S/C16H17N5O2/c1-12-9-15(20-23-12)19-16(22)17-10-13-3-5-14(6-4-13)11-21-8-2-7-18-21/h2-9H,10-11H2,1H3,(H2,17,19,20,22). The zero-order valence-electron chi connectivity index (χ0n) is 12.7. The molecule has 7 nitrogen and oxygen atoms in total. The third-order valence-electron chi connectivity index (χ3n) is 3.25. The molecule has 3 aromatic rings. The molecule has 0 fully saturated rings. The van der Waals surface area contributed by atoms with Crippen LogP contribution in [-0.2, 0) is 13.1 Å². The maximum atomic E-state index is 11.8. The fourth-order valence-corrected chi connectivity index (χ4v) is 2.11. The van der Waals surface area contributed by atoms with E-state index in [2.05, 4.69) is 20.9 Å². The van der Waals surface area contributed by atoms with Crippen LogP contribution in [0.3, 0.4) is 0 Å². The molecular weight excluding hydrogens is 294 g/mol. The predicted octanol–water partition coefficient (Wildman–Crippen LogP) is 2.55. The maximum Gasteiger partial charge on any atom is 0.320 e. The van der Waals surface area contributed by atoms with Crippen molar-refractivity contribution in [1.82, 2.24) is 20.3 Å². The summed E-state index contributed by atoms with van der Waals surface area (Å²) >= 11 is 0. The Morgan fingerprint density at radius 2 is 2.04 bits per heavy atom. The number of anilines is 1. The van der Waals surface area contributed by atoms with E-state index in [1.54, 1.807) is 19.2 Å². The number of hydrogen-bond donors (Lipinski definition) is 2. The summed E-state index contributed by atoms with van der Waals surface area (Å²) in [5, 5.41) is 13.3. The Balaban J connectivity index is 1.49. The molecule has 0 aliphatic heterocycles. The van der Waals surface area contributed by atoms with Crippen LogP contribution in [0.2, 0.25) is 0 Å². The van der Waals surface area contributed by atoms with Crippen molar-refractivity contribution in [2.45, 2.75) is 20.0 Å². The summed E-state index contributed by atoms with van der Waals surface area (Å²) in [6.45, 7) is 2.93. The molecule has 0 bridgehead atoms. The van der Waals surface area contributed by atoms with E-state index in [0.29, 0.717) is 18.1 Å². The van der Waals surface area contributed by atoms with Crippen LogP contribution in [0.4, 0.5) is 10.6 Å². The number of nitrogens with one attached hydrogen (secondary N) is 2. The molecule has 0 atom stereocenters. The van der Waals surface area contributed by atoms with Gasteiger partial charge in [0, 0.05) is 25.0 Å². The van der Waals surface area contributed by atoms with Gasteiger partial charge in [-0.3, -0.25) is 10.00 Å². The molecule has 3 rings (SSSR count). The lowest BCUT2D eigenvalue weighted by molar-refractivity contribution is 0.251. The number of carbonyl (C=O) groups excluding carboxylic acids is 1. The van der Waals surface area contributed by atoms with Gasteiger partial charge in [-0.25, -0.2) is 4.79 Å². The third kappa shape index (κ3) is 4.19. The Morgan fingerprint density at radius 1 is 1.26 bits per heavy atom. The lowest BCUT2D eigenvalue weighted by Crippen LogP contribution is -2.28. The fourth-order valence-electron chi connectivity index (χ4n) is 2.11. The molecule has 0 aliphatic rings. The number of amides is 2. The Morgan fingerprint density at radius 3 is 2.70 bits per heavy atom. The van der Waals surface area contributed by atoms with E-state index >= 15 is 0 Å². The van der Waals surface area contributed by atoms with Gasteiger partial charge in [0.2, 0.25) is 0 Å². The number of urea groups is 1. The normalized spacial score (nSPS) is 10.5. The molecule has 23 heavy (non-hydrogen) atoms. The summed E-state index contributed by atoms with van der Waals surface area (Å²) in [7, 11) is 0. The molecular formula is C16H17N5O2. The summed E-state index contributed by atoms with van der Waals surface area (Å²) in [6, 6.07) is 11.3. The number of hydrogen-bond acceptors (Lipinski definition) is 4. The summed E-state index contributed by atoms with van der Waals surface area (Å²) in [6.07, 6.45) is 3.68. The van der Waals surface area contributed by atoms with Crippen LogP contribution < -0.4 is 10.6 Å². The van der Waals surface area contributed by atoms with E-state index < -0.39 is 0 Å². The first-order chi connectivity index (χ1) is 11.2. The van der Waals surface area contributed by atoms with Crippen molar-refractivity contribution in [3.8, 4) is 0 Å². The average Bonchev–Trinajstić information content (AvgIpc) is 3.19. The van der Waals surface area contributed by atoms with Crippen LogP contribution in [-0.4, -0.2) is 21.0 Å². The largest absolute Gasteiger partial charge is 0.360 e. The number of nitrogens with zero attached hydrogens (tertiary/aromatic N) is 3. The first-order valence-corrected chi connectivity index (χ1v) is 7.22. The average molecular weight is 311 g/mol. The van der Waals surface area contributed by atoms with Crippen molar-refractivity contribution in [1.29, 1.82) is 0 Å². The second-order valence-electron chi connectivity index (χ2n) is 5.15. The van der Waals surface area contributed by atoms with Crippen LogP contribution in [0.15, 0.2) is 53.3 Å². The molecule has 2 heterocycles. The molecule has 0 aliphatic carbocycles. The Bertz CT molecular complexity index is 762. The minimum absolute atomic E-state index is 0.320. The van der Waals surface area contributed by atoms with E-state index in [1.807, 2.05) is 41.2 Å². The highest BCUT2D eigenvalue weighted by molar-refractivity contribution is 5.88. The second-order valence-corrected chi connectivity index (χ2v) is 5.15. The topological polar surface area (TPSA) is 85.0 Å².